The van der Waals surface area contributed by atoms with Crippen molar-refractivity contribution in [3.05, 3.63) is 24.4 Å². The molecule has 1 aliphatic rings. The van der Waals surface area contributed by atoms with E-state index >= 15 is 0 Å². The van der Waals surface area contributed by atoms with Gasteiger partial charge in [0.05, 0.1) is 13.2 Å². The molecule has 0 spiro atoms. The van der Waals surface area contributed by atoms with Crippen molar-refractivity contribution in [2.75, 3.05) is 36.5 Å². The first kappa shape index (κ1) is 12.5. The van der Waals surface area contributed by atoms with Crippen molar-refractivity contribution >= 4 is 17.7 Å². The first-order valence-corrected chi connectivity index (χ1v) is 5.81. The van der Waals surface area contributed by atoms with Crippen LogP contribution in [0.2, 0.25) is 0 Å². The Morgan fingerprint density at radius 3 is 2.89 bits per heavy atom. The highest BCUT2D eigenvalue weighted by molar-refractivity contribution is 5.98. The highest BCUT2D eigenvalue weighted by Crippen LogP contribution is 2.14. The van der Waals surface area contributed by atoms with Crippen LogP contribution in [-0.4, -0.2) is 42.2 Å². The first-order valence-electron chi connectivity index (χ1n) is 5.81. The van der Waals surface area contributed by atoms with Crippen molar-refractivity contribution in [3.63, 3.8) is 0 Å². The van der Waals surface area contributed by atoms with Crippen LogP contribution in [0.25, 0.3) is 0 Å². The lowest BCUT2D eigenvalue weighted by Crippen LogP contribution is -2.37. The number of carbonyl (C=O) groups excluding carboxylic acids is 1. The molecule has 0 aliphatic carbocycles. The molecule has 2 rings (SSSR count). The van der Waals surface area contributed by atoms with Crippen LogP contribution in [0, 0.1) is 6.92 Å². The Bertz CT molecular complexity index is 455. The number of hydrogen-bond acceptors (Lipinski definition) is 5. The SMILES string of the molecule is C=CC(=O)Nc1cc(C)nc(N2CCOCC2)n1. The standard InChI is InChI=1S/C12H16N4O2/c1-3-11(17)14-10-8-9(2)13-12(15-10)16-4-6-18-7-5-16/h3,8H,1,4-7H2,2H3,(H,13,14,15,17). The van der Waals surface area contributed by atoms with E-state index in [2.05, 4.69) is 21.9 Å². The summed E-state index contributed by atoms with van der Waals surface area (Å²) in [5.41, 5.74) is 0.811. The number of hydrogen-bond donors (Lipinski definition) is 1. The van der Waals surface area contributed by atoms with Crippen molar-refractivity contribution in [3.8, 4) is 0 Å². The van der Waals surface area contributed by atoms with E-state index in [1.807, 2.05) is 11.8 Å². The number of aromatic nitrogens is 2. The molecule has 1 aromatic rings. The Kier molecular flexibility index (Phi) is 3.88. The summed E-state index contributed by atoms with van der Waals surface area (Å²) in [6, 6.07) is 1.73. The topological polar surface area (TPSA) is 67.4 Å². The molecular formula is C12H16N4O2. The maximum absolute atomic E-state index is 11.3. The zero-order chi connectivity index (χ0) is 13.0. The summed E-state index contributed by atoms with van der Waals surface area (Å²) in [5, 5.41) is 2.65. The van der Waals surface area contributed by atoms with E-state index in [0.717, 1.165) is 18.8 Å². The molecule has 1 N–H and O–H groups in total. The smallest absolute Gasteiger partial charge is 0.248 e. The lowest BCUT2D eigenvalue weighted by atomic mass is 10.4. The molecule has 2 heterocycles. The van der Waals surface area contributed by atoms with E-state index in [1.54, 1.807) is 6.07 Å². The fraction of sp³-hybridized carbons (Fsp3) is 0.417. The number of amides is 1. The van der Waals surface area contributed by atoms with Crippen molar-refractivity contribution in [1.29, 1.82) is 0 Å². The summed E-state index contributed by atoms with van der Waals surface area (Å²) in [4.78, 5) is 22.0. The average Bonchev–Trinajstić information content (AvgIpc) is 2.39. The first-order chi connectivity index (χ1) is 8.69. The molecule has 1 fully saturated rings. The monoisotopic (exact) mass is 248 g/mol. The fourth-order valence-electron chi connectivity index (χ4n) is 1.70. The number of aryl methyl sites for hydroxylation is 1. The number of morpholine rings is 1. The number of anilines is 2. The predicted octanol–water partition coefficient (Wildman–Crippen LogP) is 0.746. The van der Waals surface area contributed by atoms with Gasteiger partial charge < -0.3 is 15.0 Å². The molecule has 1 aliphatic heterocycles. The van der Waals surface area contributed by atoms with Gasteiger partial charge in [-0.25, -0.2) is 4.98 Å². The Morgan fingerprint density at radius 2 is 2.22 bits per heavy atom. The minimum absolute atomic E-state index is 0.277. The summed E-state index contributed by atoms with van der Waals surface area (Å²) in [5.74, 6) is 0.840. The molecule has 0 saturated carbocycles. The Hall–Kier alpha value is -1.95. The maximum atomic E-state index is 11.3. The third-order valence-corrected chi connectivity index (χ3v) is 2.57. The van der Waals surface area contributed by atoms with Crippen LogP contribution in [0.1, 0.15) is 5.69 Å². The van der Waals surface area contributed by atoms with Gasteiger partial charge in [0.25, 0.3) is 0 Å². The quantitative estimate of drug-likeness (QED) is 0.799. The van der Waals surface area contributed by atoms with Gasteiger partial charge in [-0.15, -0.1) is 0 Å². The van der Waals surface area contributed by atoms with E-state index in [1.165, 1.54) is 6.08 Å². The minimum Gasteiger partial charge on any atom is -0.378 e. The van der Waals surface area contributed by atoms with Crippen LogP contribution in [0.5, 0.6) is 0 Å². The number of rotatable bonds is 3. The Labute approximate surface area is 106 Å². The van der Waals surface area contributed by atoms with Gasteiger partial charge in [-0.2, -0.15) is 4.98 Å². The average molecular weight is 248 g/mol. The van der Waals surface area contributed by atoms with Gasteiger partial charge in [-0.1, -0.05) is 6.58 Å². The highest BCUT2D eigenvalue weighted by Gasteiger charge is 2.15. The van der Waals surface area contributed by atoms with Gasteiger partial charge in [0, 0.05) is 24.8 Å². The summed E-state index contributed by atoms with van der Waals surface area (Å²) in [6.45, 7) is 8.15. The van der Waals surface area contributed by atoms with Gasteiger partial charge in [0.15, 0.2) is 0 Å². The molecule has 0 radical (unpaired) electrons. The van der Waals surface area contributed by atoms with Crippen molar-refractivity contribution in [1.82, 2.24) is 9.97 Å². The largest absolute Gasteiger partial charge is 0.378 e. The summed E-state index contributed by atoms with van der Waals surface area (Å²) in [6.07, 6.45) is 1.21. The second-order valence-electron chi connectivity index (χ2n) is 3.99. The van der Waals surface area contributed by atoms with E-state index in [4.69, 9.17) is 4.74 Å². The third kappa shape index (κ3) is 3.04. The van der Waals surface area contributed by atoms with Crippen LogP contribution in [0.3, 0.4) is 0 Å². The van der Waals surface area contributed by atoms with E-state index < -0.39 is 0 Å². The third-order valence-electron chi connectivity index (χ3n) is 2.57. The summed E-state index contributed by atoms with van der Waals surface area (Å²) < 4.78 is 5.28. The zero-order valence-corrected chi connectivity index (χ0v) is 10.3. The van der Waals surface area contributed by atoms with Crippen molar-refractivity contribution in [2.24, 2.45) is 0 Å². The Morgan fingerprint density at radius 1 is 1.50 bits per heavy atom. The fourth-order valence-corrected chi connectivity index (χ4v) is 1.70. The summed E-state index contributed by atoms with van der Waals surface area (Å²) >= 11 is 0. The van der Waals surface area contributed by atoms with Gasteiger partial charge >= 0.3 is 0 Å². The highest BCUT2D eigenvalue weighted by atomic mass is 16.5. The number of nitrogens with one attached hydrogen (secondary N) is 1. The van der Waals surface area contributed by atoms with Crippen molar-refractivity contribution < 1.29 is 9.53 Å². The Balaban J connectivity index is 2.19. The van der Waals surface area contributed by atoms with Crippen LogP contribution >= 0.6 is 0 Å². The lowest BCUT2D eigenvalue weighted by molar-refractivity contribution is -0.111. The molecule has 1 saturated heterocycles. The second kappa shape index (κ2) is 5.59. The van der Waals surface area contributed by atoms with E-state index in [-0.39, 0.29) is 5.91 Å². The van der Waals surface area contributed by atoms with Crippen molar-refractivity contribution in [2.45, 2.75) is 6.92 Å². The van der Waals surface area contributed by atoms with E-state index in [9.17, 15) is 4.79 Å². The minimum atomic E-state index is -0.277. The number of carbonyl (C=O) groups is 1. The van der Waals surface area contributed by atoms with Gasteiger partial charge in [-0.05, 0) is 13.0 Å². The zero-order valence-electron chi connectivity index (χ0n) is 10.3. The molecule has 0 aromatic carbocycles. The number of nitrogens with zero attached hydrogens (tertiary/aromatic N) is 3. The molecule has 6 heteroatoms. The predicted molar refractivity (Wildman–Crippen MR) is 68.6 cm³/mol. The van der Waals surface area contributed by atoms with Gasteiger partial charge in [0.2, 0.25) is 11.9 Å². The van der Waals surface area contributed by atoms with Gasteiger partial charge in [-0.3, -0.25) is 4.79 Å². The molecule has 0 atom stereocenters. The molecule has 0 unspecified atom stereocenters. The van der Waals surface area contributed by atoms with Crippen LogP contribution < -0.4 is 10.2 Å². The molecule has 1 amide bonds. The molecule has 6 nitrogen and oxygen atoms in total. The molecular weight excluding hydrogens is 232 g/mol. The maximum Gasteiger partial charge on any atom is 0.248 e. The lowest BCUT2D eigenvalue weighted by Gasteiger charge is -2.27. The van der Waals surface area contributed by atoms with Crippen LogP contribution in [0.15, 0.2) is 18.7 Å². The van der Waals surface area contributed by atoms with Crippen LogP contribution in [-0.2, 0) is 9.53 Å². The normalized spacial score (nSPS) is 15.3. The molecule has 96 valence electrons. The van der Waals surface area contributed by atoms with Gasteiger partial charge in [0.1, 0.15) is 5.82 Å². The molecule has 1 aromatic heterocycles. The number of ether oxygens (including phenoxy) is 1. The summed E-state index contributed by atoms with van der Waals surface area (Å²) in [7, 11) is 0. The second-order valence-corrected chi connectivity index (χ2v) is 3.99. The van der Waals surface area contributed by atoms with Crippen LogP contribution in [0.4, 0.5) is 11.8 Å². The van der Waals surface area contributed by atoms with E-state index in [0.29, 0.717) is 25.0 Å². The molecule has 18 heavy (non-hydrogen) atoms. The molecule has 0 bridgehead atoms.